The first kappa shape index (κ1) is 12.2. The molecule has 0 saturated carbocycles. The van der Waals surface area contributed by atoms with Crippen molar-refractivity contribution < 1.29 is 18.6 Å². The molecule has 2 rings (SSSR count). The Labute approximate surface area is 110 Å². The van der Waals surface area contributed by atoms with Crippen molar-refractivity contribution in [3.05, 3.63) is 71.8 Å². The van der Waals surface area contributed by atoms with Crippen LogP contribution in [0.3, 0.4) is 0 Å². The SMILES string of the molecule is [Cl][Hf]([Cl])=[C](c1ccccc1)c1ccccc1. The van der Waals surface area contributed by atoms with Gasteiger partial charge in [-0.1, -0.05) is 0 Å². The summed E-state index contributed by atoms with van der Waals surface area (Å²) < 4.78 is 1.16. The molecule has 0 spiro atoms. The molecule has 2 aromatic carbocycles. The van der Waals surface area contributed by atoms with Gasteiger partial charge in [0, 0.05) is 0 Å². The van der Waals surface area contributed by atoms with Crippen LogP contribution in [0.25, 0.3) is 0 Å². The molecule has 0 unspecified atom stereocenters. The van der Waals surface area contributed by atoms with Gasteiger partial charge >= 0.3 is 111 Å². The molecule has 0 N–H and O–H groups in total. The van der Waals surface area contributed by atoms with E-state index < -0.39 is 18.6 Å². The maximum atomic E-state index is 6.25. The van der Waals surface area contributed by atoms with Crippen molar-refractivity contribution in [2.45, 2.75) is 0 Å². The first-order chi connectivity index (χ1) is 7.79. The van der Waals surface area contributed by atoms with Crippen molar-refractivity contribution in [2.75, 3.05) is 0 Å². The third-order valence-electron chi connectivity index (χ3n) is 2.31. The van der Waals surface area contributed by atoms with Crippen molar-refractivity contribution in [1.82, 2.24) is 0 Å². The normalized spacial score (nSPS) is 9.88. The van der Waals surface area contributed by atoms with Crippen LogP contribution in [-0.2, 0) is 18.6 Å². The second kappa shape index (κ2) is 5.90. The van der Waals surface area contributed by atoms with Crippen LogP contribution >= 0.6 is 17.2 Å². The minimum absolute atomic E-state index is 1.15. The average Bonchev–Trinajstić information content (AvgIpc) is 2.31. The Bertz CT molecular complexity index is 446. The molecule has 80 valence electrons. The van der Waals surface area contributed by atoms with E-state index in [1.54, 1.807) is 0 Å². The summed E-state index contributed by atoms with van der Waals surface area (Å²) in [5.41, 5.74) is 2.31. The number of hydrogen-bond acceptors (Lipinski definition) is 0. The monoisotopic (exact) mass is 416 g/mol. The first-order valence-electron chi connectivity index (χ1n) is 4.95. The van der Waals surface area contributed by atoms with Crippen LogP contribution in [0.1, 0.15) is 11.1 Å². The van der Waals surface area contributed by atoms with Gasteiger partial charge in [0.05, 0.1) is 0 Å². The summed E-state index contributed by atoms with van der Waals surface area (Å²) >= 11 is -2.60. The molecule has 0 bridgehead atoms. The van der Waals surface area contributed by atoms with Gasteiger partial charge < -0.3 is 0 Å². The standard InChI is InChI=1S/C13H10.2ClH.Hf/c1-3-7-12(8-4-1)11-13-9-5-2-6-10-13;;;/h1-10H;2*1H;/q;;;+2/p-2. The van der Waals surface area contributed by atoms with Crippen molar-refractivity contribution >= 4 is 20.4 Å². The maximum absolute atomic E-state index is 6.25. The second-order valence-electron chi connectivity index (χ2n) is 3.37. The topological polar surface area (TPSA) is 0 Å². The summed E-state index contributed by atoms with van der Waals surface area (Å²) in [6.45, 7) is 0. The molecule has 0 saturated heterocycles. The van der Waals surface area contributed by atoms with E-state index in [-0.39, 0.29) is 0 Å². The number of benzene rings is 2. The molecule has 2 aromatic rings. The zero-order valence-corrected chi connectivity index (χ0v) is 13.6. The van der Waals surface area contributed by atoms with Crippen LogP contribution in [0.15, 0.2) is 60.7 Å². The van der Waals surface area contributed by atoms with Gasteiger partial charge in [0.25, 0.3) is 0 Å². The van der Waals surface area contributed by atoms with Crippen LogP contribution in [-0.4, -0.2) is 3.26 Å². The Balaban J connectivity index is 2.54. The summed E-state index contributed by atoms with van der Waals surface area (Å²) in [4.78, 5) is 0. The van der Waals surface area contributed by atoms with Gasteiger partial charge in [-0.25, -0.2) is 0 Å². The van der Waals surface area contributed by atoms with Crippen molar-refractivity contribution in [2.24, 2.45) is 0 Å². The Kier molecular flexibility index (Phi) is 4.51. The van der Waals surface area contributed by atoms with Gasteiger partial charge in [0.1, 0.15) is 0 Å². The molecule has 0 radical (unpaired) electrons. The van der Waals surface area contributed by atoms with E-state index in [2.05, 4.69) is 24.3 Å². The predicted octanol–water partition coefficient (Wildman–Crippen LogP) is 4.18. The van der Waals surface area contributed by atoms with Crippen LogP contribution in [0.4, 0.5) is 0 Å². The summed E-state index contributed by atoms with van der Waals surface area (Å²) in [6, 6.07) is 20.3. The Morgan fingerprint density at radius 3 is 1.38 bits per heavy atom. The summed E-state index contributed by atoms with van der Waals surface area (Å²) in [6.07, 6.45) is 0. The molecule has 0 heterocycles. The number of halogens is 2. The van der Waals surface area contributed by atoms with Gasteiger partial charge in [0.15, 0.2) is 0 Å². The summed E-state index contributed by atoms with van der Waals surface area (Å²) in [5.74, 6) is 0. The Hall–Kier alpha value is -0.240. The van der Waals surface area contributed by atoms with Crippen molar-refractivity contribution in [3.63, 3.8) is 0 Å². The van der Waals surface area contributed by atoms with Crippen LogP contribution in [0.2, 0.25) is 0 Å². The van der Waals surface area contributed by atoms with E-state index in [0.29, 0.717) is 0 Å². The molecule has 0 fully saturated rings. The fourth-order valence-corrected chi connectivity index (χ4v) is 7.93. The molecular formula is C13H10Cl2Hf. The third-order valence-corrected chi connectivity index (χ3v) is 8.84. The van der Waals surface area contributed by atoms with Crippen LogP contribution in [0.5, 0.6) is 0 Å². The molecule has 0 atom stereocenters. The van der Waals surface area contributed by atoms with Crippen LogP contribution in [0, 0.1) is 0 Å². The molecular weight excluding hydrogens is 406 g/mol. The van der Waals surface area contributed by atoms with Gasteiger partial charge in [-0.2, -0.15) is 0 Å². The van der Waals surface area contributed by atoms with Crippen molar-refractivity contribution in [1.29, 1.82) is 0 Å². The molecule has 3 heteroatoms. The Morgan fingerprint density at radius 1 is 0.688 bits per heavy atom. The predicted molar refractivity (Wildman–Crippen MR) is 67.8 cm³/mol. The number of rotatable bonds is 2. The summed E-state index contributed by atoms with van der Waals surface area (Å²) in [5, 5.41) is 0. The van der Waals surface area contributed by atoms with Gasteiger partial charge in [-0.05, 0) is 0 Å². The zero-order valence-electron chi connectivity index (χ0n) is 8.53. The molecule has 0 aliphatic carbocycles. The van der Waals surface area contributed by atoms with Crippen LogP contribution < -0.4 is 0 Å². The van der Waals surface area contributed by atoms with E-state index in [4.69, 9.17) is 17.2 Å². The van der Waals surface area contributed by atoms with E-state index >= 15 is 0 Å². The second-order valence-corrected chi connectivity index (χ2v) is 14.8. The van der Waals surface area contributed by atoms with Crippen molar-refractivity contribution in [3.8, 4) is 0 Å². The van der Waals surface area contributed by atoms with E-state index in [0.717, 1.165) is 14.4 Å². The van der Waals surface area contributed by atoms with E-state index in [1.807, 2.05) is 36.4 Å². The Morgan fingerprint density at radius 2 is 1.06 bits per heavy atom. The summed E-state index contributed by atoms with van der Waals surface area (Å²) in [7, 11) is 12.5. The zero-order chi connectivity index (χ0) is 11.4. The molecule has 0 nitrogen and oxygen atoms in total. The third kappa shape index (κ3) is 2.91. The fourth-order valence-electron chi connectivity index (χ4n) is 1.59. The average molecular weight is 416 g/mol. The molecule has 0 aromatic heterocycles. The minimum atomic E-state index is -2.60. The molecule has 0 aliphatic heterocycles. The fraction of sp³-hybridized carbons (Fsp3) is 0. The quantitative estimate of drug-likeness (QED) is 0.646. The van der Waals surface area contributed by atoms with Gasteiger partial charge in [0.2, 0.25) is 0 Å². The van der Waals surface area contributed by atoms with E-state index in [9.17, 15) is 0 Å². The van der Waals surface area contributed by atoms with E-state index in [1.165, 1.54) is 0 Å². The number of hydrogen-bond donors (Lipinski definition) is 0. The first-order valence-corrected chi connectivity index (χ1v) is 15.6. The van der Waals surface area contributed by atoms with Gasteiger partial charge in [-0.3, -0.25) is 0 Å². The van der Waals surface area contributed by atoms with Gasteiger partial charge in [-0.15, -0.1) is 0 Å². The molecule has 0 amide bonds. The molecule has 0 aliphatic rings. The molecule has 16 heavy (non-hydrogen) atoms.